The highest BCUT2D eigenvalue weighted by molar-refractivity contribution is 7.80. The van der Waals surface area contributed by atoms with Crippen LogP contribution in [0.1, 0.15) is 19.8 Å². The number of rotatable bonds is 4. The number of para-hydroxylation sites is 1. The number of hydrogen-bond donors (Lipinski definition) is 2. The van der Waals surface area contributed by atoms with E-state index >= 15 is 0 Å². The molecule has 0 aromatic heterocycles. The Labute approximate surface area is 102 Å². The molecule has 86 valence electrons. The minimum absolute atomic E-state index is 0.721. The van der Waals surface area contributed by atoms with E-state index in [1.54, 1.807) is 0 Å². The summed E-state index contributed by atoms with van der Waals surface area (Å²) in [6.45, 7) is 3.26. The van der Waals surface area contributed by atoms with Crippen LogP contribution in [0.2, 0.25) is 0 Å². The van der Waals surface area contributed by atoms with E-state index in [0.29, 0.717) is 0 Å². The molecule has 0 bridgehead atoms. The summed E-state index contributed by atoms with van der Waals surface area (Å²) < 4.78 is 0. The van der Waals surface area contributed by atoms with Crippen molar-refractivity contribution in [2.45, 2.75) is 19.8 Å². The second kappa shape index (κ2) is 5.30. The van der Waals surface area contributed by atoms with Gasteiger partial charge in [-0.2, -0.15) is 0 Å². The predicted molar refractivity (Wildman–Crippen MR) is 72.6 cm³/mol. The van der Waals surface area contributed by atoms with Gasteiger partial charge in [-0.15, -0.1) is 0 Å². The molecule has 1 fully saturated rings. The van der Waals surface area contributed by atoms with Gasteiger partial charge in [-0.05, 0) is 49.0 Å². The molecule has 1 atom stereocenters. The molecule has 1 unspecified atom stereocenters. The van der Waals surface area contributed by atoms with Gasteiger partial charge >= 0.3 is 0 Å². The standard InChI is InChI=1S/C13H18N2S/c1-10(11-7-8-11)9-14-13(16)15-12-5-3-2-4-6-12/h2-6,10-11H,7-9H2,1H3,(H2,14,15,16). The second-order valence-electron chi connectivity index (χ2n) is 4.52. The molecule has 0 aliphatic heterocycles. The summed E-state index contributed by atoms with van der Waals surface area (Å²) in [6.07, 6.45) is 2.78. The van der Waals surface area contributed by atoms with Crippen molar-refractivity contribution in [2.75, 3.05) is 11.9 Å². The van der Waals surface area contributed by atoms with Gasteiger partial charge < -0.3 is 10.6 Å². The first-order valence-electron chi connectivity index (χ1n) is 5.85. The summed E-state index contributed by atoms with van der Waals surface area (Å²) in [5.74, 6) is 1.66. The molecule has 1 aromatic carbocycles. The van der Waals surface area contributed by atoms with E-state index in [0.717, 1.165) is 29.2 Å². The normalized spacial score (nSPS) is 16.6. The van der Waals surface area contributed by atoms with Crippen molar-refractivity contribution in [3.05, 3.63) is 30.3 Å². The topological polar surface area (TPSA) is 24.1 Å². The van der Waals surface area contributed by atoms with Gasteiger partial charge in [0.05, 0.1) is 0 Å². The number of anilines is 1. The number of thiocarbonyl (C=S) groups is 1. The molecular weight excluding hydrogens is 216 g/mol. The van der Waals surface area contributed by atoms with Gasteiger partial charge in [-0.3, -0.25) is 0 Å². The fourth-order valence-corrected chi connectivity index (χ4v) is 1.98. The summed E-state index contributed by atoms with van der Waals surface area (Å²) in [5, 5.41) is 7.17. The lowest BCUT2D eigenvalue weighted by molar-refractivity contribution is 0.501. The van der Waals surface area contributed by atoms with Crippen LogP contribution < -0.4 is 10.6 Å². The fraction of sp³-hybridized carbons (Fsp3) is 0.462. The minimum atomic E-state index is 0.721. The van der Waals surface area contributed by atoms with Crippen LogP contribution in [0.15, 0.2) is 30.3 Å². The third-order valence-electron chi connectivity index (χ3n) is 3.04. The van der Waals surface area contributed by atoms with E-state index in [1.807, 2.05) is 30.3 Å². The first-order chi connectivity index (χ1) is 7.75. The summed E-state index contributed by atoms with van der Waals surface area (Å²) in [5.41, 5.74) is 1.04. The lowest BCUT2D eigenvalue weighted by Crippen LogP contribution is -2.32. The minimum Gasteiger partial charge on any atom is -0.362 e. The van der Waals surface area contributed by atoms with E-state index in [1.165, 1.54) is 12.8 Å². The maximum Gasteiger partial charge on any atom is 0.170 e. The van der Waals surface area contributed by atoms with E-state index in [9.17, 15) is 0 Å². The average molecular weight is 234 g/mol. The Bertz CT molecular complexity index is 346. The predicted octanol–water partition coefficient (Wildman–Crippen LogP) is 3.02. The van der Waals surface area contributed by atoms with Crippen molar-refractivity contribution >= 4 is 23.0 Å². The molecule has 16 heavy (non-hydrogen) atoms. The van der Waals surface area contributed by atoms with Gasteiger partial charge in [0.25, 0.3) is 0 Å². The molecule has 0 heterocycles. The monoisotopic (exact) mass is 234 g/mol. The molecule has 0 spiro atoms. The molecule has 3 heteroatoms. The van der Waals surface area contributed by atoms with Crippen molar-refractivity contribution in [1.82, 2.24) is 5.32 Å². The lowest BCUT2D eigenvalue weighted by atomic mass is 10.1. The maximum atomic E-state index is 5.24. The van der Waals surface area contributed by atoms with Crippen LogP contribution in [0.3, 0.4) is 0 Å². The Hall–Kier alpha value is -1.09. The summed E-state index contributed by atoms with van der Waals surface area (Å²) in [7, 11) is 0. The van der Waals surface area contributed by atoms with E-state index < -0.39 is 0 Å². The smallest absolute Gasteiger partial charge is 0.170 e. The summed E-state index contributed by atoms with van der Waals surface area (Å²) in [6, 6.07) is 10.0. The molecule has 1 aromatic rings. The SMILES string of the molecule is CC(CNC(=S)Nc1ccccc1)C1CC1. The molecule has 1 saturated carbocycles. The van der Waals surface area contributed by atoms with Crippen molar-refractivity contribution < 1.29 is 0 Å². The van der Waals surface area contributed by atoms with Crippen molar-refractivity contribution in [2.24, 2.45) is 11.8 Å². The Balaban J connectivity index is 1.72. The zero-order valence-corrected chi connectivity index (χ0v) is 10.4. The average Bonchev–Trinajstić information content (AvgIpc) is 3.11. The highest BCUT2D eigenvalue weighted by Crippen LogP contribution is 2.36. The molecule has 0 saturated heterocycles. The first kappa shape index (κ1) is 11.4. The van der Waals surface area contributed by atoms with Gasteiger partial charge in [0, 0.05) is 12.2 Å². The van der Waals surface area contributed by atoms with Crippen molar-refractivity contribution in [1.29, 1.82) is 0 Å². The molecule has 2 rings (SSSR count). The van der Waals surface area contributed by atoms with Crippen LogP contribution in [0.25, 0.3) is 0 Å². The molecule has 2 N–H and O–H groups in total. The van der Waals surface area contributed by atoms with Gasteiger partial charge in [-0.25, -0.2) is 0 Å². The number of hydrogen-bond acceptors (Lipinski definition) is 1. The largest absolute Gasteiger partial charge is 0.362 e. The Morgan fingerprint density at radius 2 is 2.06 bits per heavy atom. The molecule has 0 radical (unpaired) electrons. The Morgan fingerprint density at radius 3 is 2.69 bits per heavy atom. The van der Waals surface area contributed by atoms with Gasteiger partial charge in [0.2, 0.25) is 0 Å². The third-order valence-corrected chi connectivity index (χ3v) is 3.29. The van der Waals surface area contributed by atoms with Crippen molar-refractivity contribution in [3.8, 4) is 0 Å². The van der Waals surface area contributed by atoms with Crippen LogP contribution >= 0.6 is 12.2 Å². The number of nitrogens with one attached hydrogen (secondary N) is 2. The fourth-order valence-electron chi connectivity index (χ4n) is 1.78. The van der Waals surface area contributed by atoms with Crippen LogP contribution in [-0.4, -0.2) is 11.7 Å². The first-order valence-corrected chi connectivity index (χ1v) is 6.26. The molecule has 0 amide bonds. The van der Waals surface area contributed by atoms with Gasteiger partial charge in [0.15, 0.2) is 5.11 Å². The Morgan fingerprint density at radius 1 is 1.38 bits per heavy atom. The molecule has 1 aliphatic rings. The molecule has 2 nitrogen and oxygen atoms in total. The van der Waals surface area contributed by atoms with Crippen LogP contribution in [0.4, 0.5) is 5.69 Å². The zero-order valence-electron chi connectivity index (χ0n) is 9.57. The summed E-state index contributed by atoms with van der Waals surface area (Å²) >= 11 is 5.24. The second-order valence-corrected chi connectivity index (χ2v) is 4.92. The van der Waals surface area contributed by atoms with E-state index in [2.05, 4.69) is 17.6 Å². The zero-order chi connectivity index (χ0) is 11.4. The maximum absolute atomic E-state index is 5.24. The van der Waals surface area contributed by atoms with Crippen LogP contribution in [0.5, 0.6) is 0 Å². The summed E-state index contributed by atoms with van der Waals surface area (Å²) in [4.78, 5) is 0. The Kier molecular flexibility index (Phi) is 3.78. The molecular formula is C13H18N2S. The highest BCUT2D eigenvalue weighted by atomic mass is 32.1. The van der Waals surface area contributed by atoms with E-state index in [4.69, 9.17) is 12.2 Å². The van der Waals surface area contributed by atoms with Crippen LogP contribution in [0, 0.1) is 11.8 Å². The highest BCUT2D eigenvalue weighted by Gasteiger charge is 2.27. The van der Waals surface area contributed by atoms with Crippen molar-refractivity contribution in [3.63, 3.8) is 0 Å². The quantitative estimate of drug-likeness (QED) is 0.783. The third kappa shape index (κ3) is 3.49. The van der Waals surface area contributed by atoms with Crippen LogP contribution in [-0.2, 0) is 0 Å². The number of benzene rings is 1. The van der Waals surface area contributed by atoms with Gasteiger partial charge in [0.1, 0.15) is 0 Å². The lowest BCUT2D eigenvalue weighted by Gasteiger charge is -2.14. The van der Waals surface area contributed by atoms with Gasteiger partial charge in [-0.1, -0.05) is 25.1 Å². The molecule has 1 aliphatic carbocycles. The van der Waals surface area contributed by atoms with E-state index in [-0.39, 0.29) is 0 Å².